The average Bonchev–Trinajstić information content (AvgIpc) is 0.817. The molecule has 4 aromatic heterocycles. The second-order valence-electron chi connectivity index (χ2n) is 28.2. The van der Waals surface area contributed by atoms with Crippen LogP contribution in [0.15, 0.2) is 164 Å². The lowest BCUT2D eigenvalue weighted by Gasteiger charge is -2.22. The van der Waals surface area contributed by atoms with Crippen molar-refractivity contribution in [1.29, 1.82) is 0 Å². The SMILES string of the molecule is CC(C)(C)S(=O)(=O)c1cc2c(Nc3ccc4scnc4c3)ccnc2cc1OCCOCCOCCOCCCc1ccc(SC2CCC(=O)NC2=O)cc1.CC(C)(C)S(=O)(=O)c1cc2c(Nc3ccc4scnc4c3)ccnc2cc1OCCOCCOCCOCCCc1cccc(SC2CCC(=O)CC2=O)c1. The summed E-state index contributed by atoms with van der Waals surface area (Å²) in [7, 11) is -7.56. The minimum absolute atomic E-state index is 0.0351. The number of anilines is 4. The third kappa shape index (κ3) is 23.1. The van der Waals surface area contributed by atoms with Gasteiger partial charge in [0, 0.05) is 93.9 Å². The number of Topliss-reactive ketones (excluding diaryl/α,β-unsaturated/α-hetero) is 2. The van der Waals surface area contributed by atoms with Crippen LogP contribution in [0.1, 0.15) is 97.6 Å². The van der Waals surface area contributed by atoms with Crippen molar-refractivity contribution in [2.45, 2.75) is 139 Å². The number of ketones is 2. The van der Waals surface area contributed by atoms with Gasteiger partial charge in [0.2, 0.25) is 11.8 Å². The Kier molecular flexibility index (Phi) is 29.7. The maximum absolute atomic E-state index is 13.8. The molecular weight excluding hydrogens is 1520 g/mol. The van der Waals surface area contributed by atoms with Crippen molar-refractivity contribution in [1.82, 2.24) is 25.3 Å². The van der Waals surface area contributed by atoms with Gasteiger partial charge in [-0.3, -0.25) is 34.5 Å². The molecule has 584 valence electrons. The number of thiazole rings is 2. The fourth-order valence-corrected chi connectivity index (χ4v) is 18.0. The number of carbonyl (C=O) groups is 4. The number of thioether (sulfide) groups is 2. The Morgan fingerprint density at radius 1 is 0.473 bits per heavy atom. The van der Waals surface area contributed by atoms with Crippen LogP contribution in [0.4, 0.5) is 22.7 Å². The highest BCUT2D eigenvalue weighted by Crippen LogP contribution is 2.41. The van der Waals surface area contributed by atoms with Gasteiger partial charge in [-0.1, -0.05) is 24.3 Å². The number of hydrogen-bond donors (Lipinski definition) is 3. The third-order valence-electron chi connectivity index (χ3n) is 18.0. The minimum Gasteiger partial charge on any atom is -0.490 e. The Morgan fingerprint density at radius 3 is 1.42 bits per heavy atom. The van der Waals surface area contributed by atoms with E-state index in [1.165, 1.54) is 22.9 Å². The molecule has 2 aliphatic rings. The number of piperidine rings is 1. The number of fused-ring (bicyclic) bond motifs is 4. The first-order valence-corrected chi connectivity index (χ1v) is 43.1. The number of ether oxygens (including phenoxy) is 8. The van der Waals surface area contributed by atoms with E-state index in [9.17, 15) is 36.0 Å². The Morgan fingerprint density at radius 2 is 0.936 bits per heavy atom. The normalized spacial score (nSPS) is 15.1. The molecule has 110 heavy (non-hydrogen) atoms. The molecule has 1 aliphatic heterocycles. The van der Waals surface area contributed by atoms with Gasteiger partial charge >= 0.3 is 0 Å². The van der Waals surface area contributed by atoms with Crippen LogP contribution in [0, 0.1) is 0 Å². The highest BCUT2D eigenvalue weighted by molar-refractivity contribution is 8.01. The largest absolute Gasteiger partial charge is 0.490 e. The van der Waals surface area contributed by atoms with Crippen molar-refractivity contribution in [2.24, 2.45) is 0 Å². The van der Waals surface area contributed by atoms with Gasteiger partial charge in [0.1, 0.15) is 40.3 Å². The predicted octanol–water partition coefficient (Wildman–Crippen LogP) is 15.1. The van der Waals surface area contributed by atoms with Crippen molar-refractivity contribution in [3.63, 3.8) is 0 Å². The molecule has 2 fully saturated rings. The molecule has 2 atom stereocenters. The summed E-state index contributed by atoms with van der Waals surface area (Å²) in [6.07, 6.45) is 8.95. The number of nitrogens with one attached hydrogen (secondary N) is 3. The predicted molar refractivity (Wildman–Crippen MR) is 434 cm³/mol. The fraction of sp³-hybridized carbons (Fsp3) is 0.407. The van der Waals surface area contributed by atoms with Gasteiger partial charge < -0.3 is 48.5 Å². The Hall–Kier alpha value is -8.04. The number of nitrogens with zero attached hydrogens (tertiary/aromatic N) is 4. The number of carbonyl (C=O) groups excluding carboxylic acids is 4. The summed E-state index contributed by atoms with van der Waals surface area (Å²) in [5.74, 6) is 0.131. The average molecular weight is 1610 g/mol. The van der Waals surface area contributed by atoms with E-state index in [-0.39, 0.29) is 88.0 Å². The molecule has 3 N–H and O–H groups in total. The van der Waals surface area contributed by atoms with Gasteiger partial charge in [-0.15, -0.1) is 46.2 Å². The van der Waals surface area contributed by atoms with E-state index in [4.69, 9.17) is 37.9 Å². The lowest BCUT2D eigenvalue weighted by Crippen LogP contribution is -2.42. The molecule has 1 aliphatic carbocycles. The first kappa shape index (κ1) is 82.9. The monoisotopic (exact) mass is 1610 g/mol. The zero-order chi connectivity index (χ0) is 77.7. The lowest BCUT2D eigenvalue weighted by molar-refractivity contribution is -0.133. The minimum atomic E-state index is -3.78. The molecule has 6 aromatic carbocycles. The first-order chi connectivity index (χ1) is 52.9. The van der Waals surface area contributed by atoms with E-state index >= 15 is 0 Å². The van der Waals surface area contributed by atoms with E-state index in [2.05, 4.69) is 60.2 Å². The van der Waals surface area contributed by atoms with Crippen LogP contribution in [-0.2, 0) is 80.1 Å². The van der Waals surface area contributed by atoms with E-state index in [1.54, 1.807) is 124 Å². The van der Waals surface area contributed by atoms with Crippen molar-refractivity contribution in [2.75, 3.05) is 103 Å². The lowest BCUT2D eigenvalue weighted by atomic mass is 9.98. The van der Waals surface area contributed by atoms with Gasteiger partial charge in [0.25, 0.3) is 0 Å². The van der Waals surface area contributed by atoms with Crippen molar-refractivity contribution < 1.29 is 73.9 Å². The molecule has 0 bridgehead atoms. The fourth-order valence-electron chi connectivity index (χ4n) is 11.9. The molecular formula is C81H93N7O16S6. The van der Waals surface area contributed by atoms with Crippen LogP contribution in [0.2, 0.25) is 0 Å². The molecule has 0 radical (unpaired) electrons. The molecule has 1 saturated heterocycles. The molecule has 1 saturated carbocycles. The van der Waals surface area contributed by atoms with Crippen LogP contribution in [-0.4, -0.2) is 173 Å². The van der Waals surface area contributed by atoms with Gasteiger partial charge in [-0.05, 0) is 176 Å². The number of aromatic nitrogens is 4. The molecule has 5 heterocycles. The summed E-state index contributed by atoms with van der Waals surface area (Å²) < 4.78 is 101. The van der Waals surface area contributed by atoms with E-state index in [0.29, 0.717) is 114 Å². The van der Waals surface area contributed by atoms with Gasteiger partial charge in [-0.25, -0.2) is 26.8 Å². The molecule has 29 heteroatoms. The van der Waals surface area contributed by atoms with Gasteiger partial charge in [-0.2, -0.15) is 0 Å². The zero-order valence-corrected chi connectivity index (χ0v) is 67.4. The molecule has 10 aromatic rings. The maximum Gasteiger partial charge on any atom is 0.240 e. The van der Waals surface area contributed by atoms with Gasteiger partial charge in [0.15, 0.2) is 25.5 Å². The molecule has 0 spiro atoms. The third-order valence-corrected chi connectivity index (χ3v) is 27.2. The Bertz CT molecular complexity index is 5050. The standard InChI is InChI=1S/C41H47N3O8S3.C40H46N4O8S3/c1-41(2,3)55(47,48)40-25-32-33(44-29-9-11-38-35(23-29)43-27-53-38)13-14-42-34(32)26-37(40)52-21-20-51-19-18-50-17-16-49-15-5-7-28-6-4-8-31(22-28)54-39-12-10-30(45)24-36(39)46;1-40(2,3)55(47,48)37-24-30-31(43-28-8-11-35-33(23-28)42-26-53-35)14-15-41-32(30)25-34(37)52-22-21-51-20-19-50-18-17-49-16-4-5-27-6-9-29(10-7-27)54-36-12-13-38(45)44-39(36)46/h4,6,8-9,11,13-14,22-23,25-27,39H,5,7,10,12,15-21,24H2,1-3H3,(H,42,44);6-11,14-15,23-26,36H,4-5,12-13,16-22H2,1-3H3,(H,41,43)(H,44,45,46). The number of imide groups is 1. The summed E-state index contributed by atoms with van der Waals surface area (Å²) in [5, 5.41) is 10.2. The van der Waals surface area contributed by atoms with Crippen LogP contribution in [0.5, 0.6) is 11.5 Å². The number of amides is 2. The van der Waals surface area contributed by atoms with Crippen molar-refractivity contribution in [3.8, 4) is 11.5 Å². The summed E-state index contributed by atoms with van der Waals surface area (Å²) >= 11 is 6.19. The smallest absolute Gasteiger partial charge is 0.240 e. The highest BCUT2D eigenvalue weighted by Gasteiger charge is 2.36. The Balaban J connectivity index is 0.000000218. The second kappa shape index (κ2) is 39.4. The number of benzene rings is 6. The first-order valence-electron chi connectivity index (χ1n) is 36.6. The second-order valence-corrected chi connectivity index (χ2v) is 37.8. The number of pyridine rings is 2. The number of aryl methyl sites for hydroxylation is 2. The summed E-state index contributed by atoms with van der Waals surface area (Å²) in [6, 6.07) is 38.5. The topological polar surface area (TPSA) is 298 Å². The summed E-state index contributed by atoms with van der Waals surface area (Å²) in [5.41, 5.74) is 12.1. The van der Waals surface area contributed by atoms with E-state index < -0.39 is 29.2 Å². The van der Waals surface area contributed by atoms with Crippen molar-refractivity contribution >= 4 is 154 Å². The molecule has 2 amide bonds. The summed E-state index contributed by atoms with van der Waals surface area (Å²) in [6.45, 7) is 15.4. The quantitative estimate of drug-likeness (QED) is 0.0184. The maximum atomic E-state index is 13.8. The highest BCUT2D eigenvalue weighted by atomic mass is 32.2. The molecule has 2 unspecified atom stereocenters. The summed E-state index contributed by atoms with van der Waals surface area (Å²) in [4.78, 5) is 67.2. The number of rotatable bonds is 38. The zero-order valence-electron chi connectivity index (χ0n) is 62.5. The number of hydrogen-bond acceptors (Lipinski definition) is 26. The molecule has 12 rings (SSSR count). The van der Waals surface area contributed by atoms with E-state index in [0.717, 1.165) is 78.7 Å². The molecule has 23 nitrogen and oxygen atoms in total. The van der Waals surface area contributed by atoms with Crippen LogP contribution < -0.4 is 25.4 Å². The van der Waals surface area contributed by atoms with Crippen molar-refractivity contribution in [3.05, 3.63) is 156 Å². The van der Waals surface area contributed by atoms with E-state index in [1.807, 2.05) is 72.8 Å². The van der Waals surface area contributed by atoms with Crippen LogP contribution in [0.3, 0.4) is 0 Å². The number of sulfone groups is 2. The van der Waals surface area contributed by atoms with Gasteiger partial charge in [0.05, 0.1) is 135 Å². The van der Waals surface area contributed by atoms with Crippen LogP contribution in [0.25, 0.3) is 42.2 Å². The van der Waals surface area contributed by atoms with Crippen LogP contribution >= 0.6 is 46.2 Å². The Labute approximate surface area is 658 Å².